The summed E-state index contributed by atoms with van der Waals surface area (Å²) in [6.45, 7) is 6.45. The zero-order valence-corrected chi connectivity index (χ0v) is 53.3. The first-order chi connectivity index (χ1) is 40.0. The number of carbonyl (C=O) groups is 3. The molecule has 0 aromatic heterocycles. The molecule has 0 aliphatic rings. The van der Waals surface area contributed by atoms with Gasteiger partial charge >= 0.3 is 17.9 Å². The van der Waals surface area contributed by atoms with Crippen molar-refractivity contribution < 1.29 is 28.6 Å². The second-order valence-corrected chi connectivity index (χ2v) is 22.7. The highest BCUT2D eigenvalue weighted by molar-refractivity contribution is 5.71. The highest BCUT2D eigenvalue weighted by Crippen LogP contribution is 2.18. The Balaban J connectivity index is 4.14. The number of unbranched alkanes of at least 4 members (excludes halogenated alkanes) is 33. The Labute approximate surface area is 501 Å². The Hall–Kier alpha value is -3.93. The molecule has 0 rings (SSSR count). The van der Waals surface area contributed by atoms with Crippen molar-refractivity contribution in [3.05, 3.63) is 109 Å². The molecule has 0 N–H and O–H groups in total. The molecule has 0 aliphatic heterocycles. The first-order valence-corrected chi connectivity index (χ1v) is 34.4. The van der Waals surface area contributed by atoms with Crippen LogP contribution >= 0.6 is 0 Å². The van der Waals surface area contributed by atoms with Gasteiger partial charge < -0.3 is 14.2 Å². The number of ether oxygens (including phenoxy) is 3. The molecule has 6 nitrogen and oxygen atoms in total. The fraction of sp³-hybridized carbons (Fsp3) is 0.720. The van der Waals surface area contributed by atoms with Gasteiger partial charge in [-0.15, -0.1) is 0 Å². The molecule has 1 unspecified atom stereocenters. The predicted octanol–water partition coefficient (Wildman–Crippen LogP) is 23.8. The molecule has 0 saturated carbocycles. The summed E-state index contributed by atoms with van der Waals surface area (Å²) in [5.41, 5.74) is 0. The normalized spacial score (nSPS) is 12.8. The number of esters is 3. The molecule has 0 amide bonds. The van der Waals surface area contributed by atoms with Gasteiger partial charge in [-0.2, -0.15) is 0 Å². The molecule has 464 valence electrons. The highest BCUT2D eigenvalue weighted by Gasteiger charge is 2.19. The molecule has 81 heavy (non-hydrogen) atoms. The lowest BCUT2D eigenvalue weighted by atomic mass is 10.0. The molecular weight excluding hydrogens is 997 g/mol. The number of carbonyl (C=O) groups excluding carboxylic acids is 3. The molecule has 0 saturated heterocycles. The van der Waals surface area contributed by atoms with Crippen molar-refractivity contribution in [3.63, 3.8) is 0 Å². The van der Waals surface area contributed by atoms with Crippen LogP contribution in [0.4, 0.5) is 0 Å². The summed E-state index contributed by atoms with van der Waals surface area (Å²) in [7, 11) is 0. The lowest BCUT2D eigenvalue weighted by molar-refractivity contribution is -0.167. The van der Waals surface area contributed by atoms with Gasteiger partial charge in [0.15, 0.2) is 6.10 Å². The van der Waals surface area contributed by atoms with Gasteiger partial charge in [0.25, 0.3) is 0 Å². The Morgan fingerprint density at radius 2 is 0.481 bits per heavy atom. The topological polar surface area (TPSA) is 78.9 Å². The van der Waals surface area contributed by atoms with Gasteiger partial charge in [0.05, 0.1) is 0 Å². The van der Waals surface area contributed by atoms with E-state index in [0.29, 0.717) is 19.3 Å². The van der Waals surface area contributed by atoms with Crippen LogP contribution in [-0.4, -0.2) is 37.2 Å². The lowest BCUT2D eigenvalue weighted by Gasteiger charge is -2.18. The maximum absolute atomic E-state index is 12.9. The quantitative estimate of drug-likeness (QED) is 0.0261. The summed E-state index contributed by atoms with van der Waals surface area (Å²) < 4.78 is 16.8. The molecule has 6 heteroatoms. The fourth-order valence-corrected chi connectivity index (χ4v) is 9.68. The largest absolute Gasteiger partial charge is 0.462 e. The average molecular weight is 1130 g/mol. The molecule has 0 radical (unpaired) electrons. The molecule has 0 fully saturated rings. The van der Waals surface area contributed by atoms with E-state index in [0.717, 1.165) is 103 Å². The molecular formula is C75H128O6. The average Bonchev–Trinajstić information content (AvgIpc) is 3.47. The summed E-state index contributed by atoms with van der Waals surface area (Å²) in [6, 6.07) is 0. The second-order valence-electron chi connectivity index (χ2n) is 22.7. The first kappa shape index (κ1) is 77.1. The van der Waals surface area contributed by atoms with Crippen LogP contribution in [0.3, 0.4) is 0 Å². The van der Waals surface area contributed by atoms with Gasteiger partial charge in [0, 0.05) is 19.3 Å². The Bertz CT molecular complexity index is 1620. The number of hydrogen-bond donors (Lipinski definition) is 0. The van der Waals surface area contributed by atoms with Gasteiger partial charge in [-0.3, -0.25) is 14.4 Å². The molecule has 1 atom stereocenters. The van der Waals surface area contributed by atoms with Gasteiger partial charge in [0.1, 0.15) is 13.2 Å². The minimum Gasteiger partial charge on any atom is -0.462 e. The molecule has 0 aromatic rings. The van der Waals surface area contributed by atoms with E-state index in [2.05, 4.69) is 130 Å². The van der Waals surface area contributed by atoms with Crippen molar-refractivity contribution in [2.75, 3.05) is 13.2 Å². The van der Waals surface area contributed by atoms with E-state index in [9.17, 15) is 14.4 Å². The third-order valence-electron chi connectivity index (χ3n) is 14.8. The van der Waals surface area contributed by atoms with Crippen LogP contribution in [0.25, 0.3) is 0 Å². The Morgan fingerprint density at radius 3 is 0.753 bits per heavy atom. The van der Waals surface area contributed by atoms with Crippen LogP contribution in [0, 0.1) is 0 Å². The third kappa shape index (κ3) is 66.8. The molecule has 0 bridgehead atoms. The highest BCUT2D eigenvalue weighted by atomic mass is 16.6. The van der Waals surface area contributed by atoms with E-state index in [1.165, 1.54) is 180 Å². The van der Waals surface area contributed by atoms with Crippen LogP contribution in [0.1, 0.15) is 329 Å². The molecule has 0 aromatic carbocycles. The SMILES string of the molecule is CC/C=C\C/C=C\C/C=C\C/C=C\C/C=C\C/C=C\C/C=C\C/C=C\C/C=C\CCCC(=O)OCC(COC(=O)CCCCCCCC)OC(=O)CCCCCCCCCCCCCCCCCCCCCCCCCCCCCC. The van der Waals surface area contributed by atoms with E-state index in [1.807, 2.05) is 0 Å². The zero-order chi connectivity index (χ0) is 58.5. The fourth-order valence-electron chi connectivity index (χ4n) is 9.68. The summed E-state index contributed by atoms with van der Waals surface area (Å²) >= 11 is 0. The van der Waals surface area contributed by atoms with Crippen molar-refractivity contribution in [2.45, 2.75) is 335 Å². The van der Waals surface area contributed by atoms with Crippen LogP contribution < -0.4 is 0 Å². The van der Waals surface area contributed by atoms with Gasteiger partial charge in [0.2, 0.25) is 0 Å². The number of rotatable bonds is 62. The summed E-state index contributed by atoms with van der Waals surface area (Å²) in [6.07, 6.45) is 94.5. The van der Waals surface area contributed by atoms with Crippen LogP contribution in [-0.2, 0) is 28.6 Å². The van der Waals surface area contributed by atoms with Crippen LogP contribution in [0.2, 0.25) is 0 Å². The van der Waals surface area contributed by atoms with Gasteiger partial charge in [-0.05, 0) is 83.5 Å². The van der Waals surface area contributed by atoms with Crippen LogP contribution in [0.5, 0.6) is 0 Å². The zero-order valence-electron chi connectivity index (χ0n) is 53.3. The van der Waals surface area contributed by atoms with Crippen LogP contribution in [0.15, 0.2) is 109 Å². The maximum atomic E-state index is 12.9. The maximum Gasteiger partial charge on any atom is 0.306 e. The second kappa shape index (κ2) is 68.6. The van der Waals surface area contributed by atoms with Crippen molar-refractivity contribution in [1.29, 1.82) is 0 Å². The van der Waals surface area contributed by atoms with E-state index in [1.54, 1.807) is 0 Å². The van der Waals surface area contributed by atoms with Crippen molar-refractivity contribution in [3.8, 4) is 0 Å². The van der Waals surface area contributed by atoms with E-state index in [4.69, 9.17) is 14.2 Å². The van der Waals surface area contributed by atoms with Gasteiger partial charge in [-0.1, -0.05) is 336 Å². The summed E-state index contributed by atoms with van der Waals surface area (Å²) in [4.78, 5) is 38.0. The number of hydrogen-bond acceptors (Lipinski definition) is 6. The number of allylic oxidation sites excluding steroid dienone is 18. The third-order valence-corrected chi connectivity index (χ3v) is 14.8. The smallest absolute Gasteiger partial charge is 0.306 e. The minimum absolute atomic E-state index is 0.0945. The minimum atomic E-state index is -0.799. The van der Waals surface area contributed by atoms with Crippen molar-refractivity contribution in [2.24, 2.45) is 0 Å². The molecule has 0 spiro atoms. The van der Waals surface area contributed by atoms with E-state index < -0.39 is 6.10 Å². The Morgan fingerprint density at radius 1 is 0.259 bits per heavy atom. The van der Waals surface area contributed by atoms with Crippen molar-refractivity contribution >= 4 is 17.9 Å². The molecule has 0 heterocycles. The van der Waals surface area contributed by atoms with E-state index >= 15 is 0 Å². The first-order valence-electron chi connectivity index (χ1n) is 34.4. The van der Waals surface area contributed by atoms with Gasteiger partial charge in [-0.25, -0.2) is 0 Å². The lowest BCUT2D eigenvalue weighted by Crippen LogP contribution is -2.30. The molecule has 0 aliphatic carbocycles. The van der Waals surface area contributed by atoms with Crippen molar-refractivity contribution in [1.82, 2.24) is 0 Å². The van der Waals surface area contributed by atoms with E-state index in [-0.39, 0.29) is 37.5 Å². The summed E-state index contributed by atoms with van der Waals surface area (Å²) in [5, 5.41) is 0. The summed E-state index contributed by atoms with van der Waals surface area (Å²) in [5.74, 6) is -0.957. The predicted molar refractivity (Wildman–Crippen MR) is 353 cm³/mol. The monoisotopic (exact) mass is 1120 g/mol. The standard InChI is InChI=1S/C75H128O6/c1-4-7-10-13-16-18-20-22-24-26-28-30-32-34-36-38-40-41-43-45-47-49-51-53-55-57-59-62-65-68-74(77)80-71-72(70-79-73(76)67-64-61-15-12-9-6-3)81-75(78)69-66-63-60-58-56-54-52-50-48-46-44-42-39-37-35-33-31-29-27-25-23-21-19-17-14-11-8-5-2/h7,10,16,18,22,24,28,30,34,36,40-41,45,47,51,53,57,59,72H,4-6,8-9,11-15,17,19-21,23,25-27,29,31-33,35,37-39,42-44,46,48-50,52,54-56,58,60-71H2,1-3H3/b10-7-,18-16-,24-22-,30-28-,36-34-,41-40-,47-45-,53-51-,59-57-. The Kier molecular flexibility index (Phi) is 65.2.